The van der Waals surface area contributed by atoms with E-state index in [1.54, 1.807) is 0 Å². The maximum absolute atomic E-state index is 10.1. The second-order valence-electron chi connectivity index (χ2n) is 3.13. The summed E-state index contributed by atoms with van der Waals surface area (Å²) in [6.45, 7) is 3.46. The van der Waals surface area contributed by atoms with Gasteiger partial charge in [0.1, 0.15) is 6.10 Å². The zero-order chi connectivity index (χ0) is 7.68. The van der Waals surface area contributed by atoms with E-state index in [-0.39, 0.29) is 6.10 Å². The summed E-state index contributed by atoms with van der Waals surface area (Å²) in [5, 5.41) is 2.13. The highest BCUT2D eigenvalue weighted by molar-refractivity contribution is 5.37. The van der Waals surface area contributed by atoms with E-state index < -0.39 is 0 Å². The number of rotatable bonds is 2. The van der Waals surface area contributed by atoms with Crippen molar-refractivity contribution in [1.82, 2.24) is 10.4 Å². The average Bonchev–Trinajstić information content (AvgIpc) is 2.29. The third-order valence-electron chi connectivity index (χ3n) is 2.46. The SMILES string of the molecule is O=COC1CN2CC1CCN2. The Morgan fingerprint density at radius 2 is 2.45 bits per heavy atom. The van der Waals surface area contributed by atoms with Gasteiger partial charge in [-0.3, -0.25) is 10.2 Å². The molecule has 3 atom stereocenters. The summed E-state index contributed by atoms with van der Waals surface area (Å²) in [5.74, 6) is 0.557. The van der Waals surface area contributed by atoms with Crippen LogP contribution in [0.1, 0.15) is 6.42 Å². The topological polar surface area (TPSA) is 41.6 Å². The molecule has 2 heterocycles. The van der Waals surface area contributed by atoms with Gasteiger partial charge in [-0.05, 0) is 6.42 Å². The van der Waals surface area contributed by atoms with Crippen molar-refractivity contribution in [2.75, 3.05) is 19.6 Å². The first-order valence-electron chi connectivity index (χ1n) is 3.97. The van der Waals surface area contributed by atoms with Gasteiger partial charge in [0.05, 0.1) is 6.54 Å². The second-order valence-corrected chi connectivity index (χ2v) is 3.13. The fraction of sp³-hybridized carbons (Fsp3) is 0.857. The minimum atomic E-state index is 0.127. The fourth-order valence-electron chi connectivity index (χ4n) is 1.88. The molecule has 0 spiro atoms. The number of fused-ring (bicyclic) bond motifs is 2. The Bertz CT molecular complexity index is 163. The predicted molar refractivity (Wildman–Crippen MR) is 38.6 cm³/mol. The smallest absolute Gasteiger partial charge is 0.293 e. The molecule has 3 unspecified atom stereocenters. The highest BCUT2D eigenvalue weighted by atomic mass is 16.5. The van der Waals surface area contributed by atoms with Crippen molar-refractivity contribution in [3.8, 4) is 0 Å². The number of carbonyl (C=O) groups is 1. The van der Waals surface area contributed by atoms with E-state index in [2.05, 4.69) is 10.4 Å². The predicted octanol–water partition coefficient (Wildman–Crippen LogP) is -0.632. The van der Waals surface area contributed by atoms with Crippen LogP contribution in [0.2, 0.25) is 0 Å². The summed E-state index contributed by atoms with van der Waals surface area (Å²) >= 11 is 0. The van der Waals surface area contributed by atoms with Crippen LogP contribution in [0.5, 0.6) is 0 Å². The molecule has 62 valence electrons. The molecule has 11 heavy (non-hydrogen) atoms. The Morgan fingerprint density at radius 1 is 1.55 bits per heavy atom. The summed E-state index contributed by atoms with van der Waals surface area (Å²) in [6, 6.07) is 0. The highest BCUT2D eigenvalue weighted by Gasteiger charge is 2.36. The van der Waals surface area contributed by atoms with E-state index >= 15 is 0 Å². The van der Waals surface area contributed by atoms with Crippen molar-refractivity contribution in [2.24, 2.45) is 5.92 Å². The first-order valence-corrected chi connectivity index (χ1v) is 3.97. The number of hydrogen-bond donors (Lipinski definition) is 1. The summed E-state index contributed by atoms with van der Waals surface area (Å²) in [5.41, 5.74) is 3.24. The minimum absolute atomic E-state index is 0.127. The first-order chi connectivity index (χ1) is 5.40. The van der Waals surface area contributed by atoms with Gasteiger partial charge in [0, 0.05) is 19.0 Å². The Balaban J connectivity index is 1.97. The van der Waals surface area contributed by atoms with Crippen molar-refractivity contribution < 1.29 is 9.53 Å². The van der Waals surface area contributed by atoms with Crippen LogP contribution >= 0.6 is 0 Å². The van der Waals surface area contributed by atoms with Gasteiger partial charge >= 0.3 is 0 Å². The van der Waals surface area contributed by atoms with Crippen LogP contribution < -0.4 is 5.43 Å². The Kier molecular flexibility index (Phi) is 1.79. The second kappa shape index (κ2) is 2.79. The third-order valence-corrected chi connectivity index (χ3v) is 2.46. The van der Waals surface area contributed by atoms with Gasteiger partial charge in [0.2, 0.25) is 0 Å². The van der Waals surface area contributed by atoms with Gasteiger partial charge < -0.3 is 4.74 Å². The molecule has 1 N–H and O–H groups in total. The van der Waals surface area contributed by atoms with E-state index in [9.17, 15) is 4.79 Å². The largest absolute Gasteiger partial charge is 0.463 e. The van der Waals surface area contributed by atoms with Crippen LogP contribution in [0.4, 0.5) is 0 Å². The molecule has 2 aliphatic heterocycles. The molecule has 0 amide bonds. The van der Waals surface area contributed by atoms with Crippen LogP contribution in [-0.4, -0.2) is 37.2 Å². The lowest BCUT2D eigenvalue weighted by atomic mass is 10.0. The van der Waals surface area contributed by atoms with Gasteiger partial charge in [0.15, 0.2) is 0 Å². The molecule has 0 aromatic heterocycles. The number of hydrogen-bond acceptors (Lipinski definition) is 4. The molecule has 2 fully saturated rings. The molecule has 2 aliphatic rings. The molecule has 0 saturated carbocycles. The Labute approximate surface area is 65.5 Å². The molecule has 0 aromatic rings. The molecular formula is C7H12N2O2. The third kappa shape index (κ3) is 1.23. The van der Waals surface area contributed by atoms with Crippen molar-refractivity contribution in [3.05, 3.63) is 0 Å². The van der Waals surface area contributed by atoms with E-state index in [1.807, 2.05) is 0 Å². The average molecular weight is 156 g/mol. The van der Waals surface area contributed by atoms with Gasteiger partial charge in [-0.2, -0.15) is 0 Å². The monoisotopic (exact) mass is 156 g/mol. The quantitative estimate of drug-likeness (QED) is 0.540. The lowest BCUT2D eigenvalue weighted by Gasteiger charge is -2.22. The van der Waals surface area contributed by atoms with Crippen LogP contribution in [0.3, 0.4) is 0 Å². The normalized spacial score (nSPS) is 42.0. The maximum Gasteiger partial charge on any atom is 0.293 e. The Hall–Kier alpha value is -0.610. The molecule has 4 heteroatoms. The lowest BCUT2D eigenvalue weighted by molar-refractivity contribution is -0.134. The summed E-state index contributed by atoms with van der Waals surface area (Å²) < 4.78 is 4.95. The molecule has 2 bridgehead atoms. The van der Waals surface area contributed by atoms with E-state index in [4.69, 9.17) is 4.74 Å². The molecular weight excluding hydrogens is 144 g/mol. The number of hydrazine groups is 1. The molecule has 0 aromatic carbocycles. The Morgan fingerprint density at radius 3 is 3.18 bits per heavy atom. The lowest BCUT2D eigenvalue weighted by Crippen LogP contribution is -2.40. The van der Waals surface area contributed by atoms with Gasteiger partial charge in [-0.15, -0.1) is 0 Å². The molecule has 0 radical (unpaired) electrons. The van der Waals surface area contributed by atoms with Crippen molar-refractivity contribution in [1.29, 1.82) is 0 Å². The van der Waals surface area contributed by atoms with E-state index in [0.29, 0.717) is 12.4 Å². The number of carbonyl (C=O) groups excluding carboxylic acids is 1. The van der Waals surface area contributed by atoms with Crippen molar-refractivity contribution in [3.63, 3.8) is 0 Å². The summed E-state index contributed by atoms with van der Waals surface area (Å²) in [6.07, 6.45) is 1.25. The van der Waals surface area contributed by atoms with Crippen LogP contribution in [-0.2, 0) is 9.53 Å². The van der Waals surface area contributed by atoms with Crippen LogP contribution in [0.15, 0.2) is 0 Å². The number of ether oxygens (including phenoxy) is 1. The zero-order valence-corrected chi connectivity index (χ0v) is 6.32. The molecule has 4 nitrogen and oxygen atoms in total. The van der Waals surface area contributed by atoms with E-state index in [0.717, 1.165) is 26.1 Å². The highest BCUT2D eigenvalue weighted by Crippen LogP contribution is 2.23. The molecule has 2 rings (SSSR count). The van der Waals surface area contributed by atoms with Crippen molar-refractivity contribution in [2.45, 2.75) is 12.5 Å². The summed E-state index contributed by atoms with van der Waals surface area (Å²) in [7, 11) is 0. The van der Waals surface area contributed by atoms with Crippen LogP contribution in [0.25, 0.3) is 0 Å². The first kappa shape index (κ1) is 7.06. The fourth-order valence-corrected chi connectivity index (χ4v) is 1.88. The number of nitrogens with zero attached hydrogens (tertiary/aromatic N) is 1. The minimum Gasteiger partial charge on any atom is -0.463 e. The van der Waals surface area contributed by atoms with E-state index in [1.165, 1.54) is 0 Å². The van der Waals surface area contributed by atoms with Gasteiger partial charge in [-0.1, -0.05) is 0 Å². The van der Waals surface area contributed by atoms with Gasteiger partial charge in [-0.25, -0.2) is 5.01 Å². The standard InChI is InChI=1S/C7H12N2O2/c10-5-11-7-4-9-3-6(7)1-2-8-9/h5-8H,1-4H2. The molecule has 2 saturated heterocycles. The van der Waals surface area contributed by atoms with Gasteiger partial charge in [0.25, 0.3) is 6.47 Å². The van der Waals surface area contributed by atoms with Crippen molar-refractivity contribution >= 4 is 6.47 Å². The molecule has 0 aliphatic carbocycles. The van der Waals surface area contributed by atoms with Crippen LogP contribution in [0, 0.1) is 5.92 Å². The number of nitrogens with one attached hydrogen (secondary N) is 1. The summed E-state index contributed by atoms with van der Waals surface area (Å²) in [4.78, 5) is 10.1. The maximum atomic E-state index is 10.1. The zero-order valence-electron chi connectivity index (χ0n) is 6.32.